The molecule has 112 valence electrons. The van der Waals surface area contributed by atoms with E-state index >= 15 is 0 Å². The molecule has 1 N–H and O–H groups in total. The minimum atomic E-state index is -4.81. The number of phenolic OH excluding ortho intramolecular Hbond substituents is 1. The second-order valence-corrected chi connectivity index (χ2v) is 4.61. The molecule has 0 fully saturated rings. The molecule has 3 aromatic rings. The Hall–Kier alpha value is -2.83. The molecule has 0 atom stereocenters. The van der Waals surface area contributed by atoms with Crippen LogP contribution in [-0.2, 0) is 6.18 Å². The van der Waals surface area contributed by atoms with Gasteiger partial charge in [0.1, 0.15) is 5.75 Å². The number of phenols is 1. The number of para-hydroxylation sites is 1. The lowest BCUT2D eigenvalue weighted by Gasteiger charge is -2.15. The Morgan fingerprint density at radius 1 is 1.05 bits per heavy atom. The number of nitrogens with zero attached hydrogens (tertiary/aromatic N) is 2. The van der Waals surface area contributed by atoms with Crippen molar-refractivity contribution in [1.29, 1.82) is 0 Å². The Morgan fingerprint density at radius 3 is 2.45 bits per heavy atom. The summed E-state index contributed by atoms with van der Waals surface area (Å²) in [6, 6.07) is 10.8. The molecular weight excluding hydrogens is 297 g/mol. The Bertz CT molecular complexity index is 917. The quantitative estimate of drug-likeness (QED) is 0.751. The fourth-order valence-corrected chi connectivity index (χ4v) is 2.19. The Balaban J connectivity index is 2.46. The van der Waals surface area contributed by atoms with E-state index in [1.165, 1.54) is 36.4 Å². The number of alkyl halides is 3. The van der Waals surface area contributed by atoms with E-state index in [9.17, 15) is 23.1 Å². The van der Waals surface area contributed by atoms with Gasteiger partial charge < -0.3 is 5.11 Å². The summed E-state index contributed by atoms with van der Waals surface area (Å²) in [5.74, 6) is -1.58. The van der Waals surface area contributed by atoms with Crippen molar-refractivity contribution in [3.05, 3.63) is 64.7 Å². The highest BCUT2D eigenvalue weighted by atomic mass is 19.4. The lowest BCUT2D eigenvalue weighted by Crippen LogP contribution is -2.28. The molecule has 0 aliphatic rings. The van der Waals surface area contributed by atoms with Crippen LogP contribution in [0.15, 0.2) is 53.3 Å². The average molecular weight is 306 g/mol. The Kier molecular flexibility index (Phi) is 3.13. The second kappa shape index (κ2) is 4.87. The highest BCUT2D eigenvalue weighted by Gasteiger charge is 2.37. The van der Waals surface area contributed by atoms with Crippen LogP contribution in [0.25, 0.3) is 16.6 Å². The summed E-state index contributed by atoms with van der Waals surface area (Å²) in [6.45, 7) is 0. The minimum Gasteiger partial charge on any atom is -0.508 e. The van der Waals surface area contributed by atoms with E-state index in [2.05, 4.69) is 4.98 Å². The normalized spacial score (nSPS) is 11.8. The summed E-state index contributed by atoms with van der Waals surface area (Å²) in [6.07, 6.45) is -4.81. The first kappa shape index (κ1) is 14.1. The van der Waals surface area contributed by atoms with Crippen molar-refractivity contribution in [2.75, 3.05) is 0 Å². The summed E-state index contributed by atoms with van der Waals surface area (Å²) in [4.78, 5) is 16.0. The molecule has 0 saturated heterocycles. The molecule has 2 aromatic carbocycles. The summed E-state index contributed by atoms with van der Waals surface area (Å²) < 4.78 is 40.2. The van der Waals surface area contributed by atoms with Gasteiger partial charge >= 0.3 is 6.18 Å². The van der Waals surface area contributed by atoms with Gasteiger partial charge in [-0.25, -0.2) is 4.98 Å². The third kappa shape index (κ3) is 2.30. The zero-order chi connectivity index (χ0) is 15.9. The zero-order valence-electron chi connectivity index (χ0n) is 11.0. The minimum absolute atomic E-state index is 0.0313. The van der Waals surface area contributed by atoms with E-state index in [0.717, 1.165) is 6.07 Å². The maximum atomic E-state index is 13.3. The molecule has 0 bridgehead atoms. The van der Waals surface area contributed by atoms with Crippen LogP contribution in [0.1, 0.15) is 5.82 Å². The van der Waals surface area contributed by atoms with Gasteiger partial charge in [-0.15, -0.1) is 0 Å². The second-order valence-electron chi connectivity index (χ2n) is 4.61. The van der Waals surface area contributed by atoms with Gasteiger partial charge in [0.25, 0.3) is 5.56 Å². The first-order chi connectivity index (χ1) is 10.4. The van der Waals surface area contributed by atoms with Crippen molar-refractivity contribution < 1.29 is 18.3 Å². The maximum absolute atomic E-state index is 13.3. The van der Waals surface area contributed by atoms with Crippen LogP contribution >= 0.6 is 0 Å². The van der Waals surface area contributed by atoms with Crippen LogP contribution in [0, 0.1) is 0 Å². The summed E-state index contributed by atoms with van der Waals surface area (Å²) in [7, 11) is 0. The van der Waals surface area contributed by atoms with Crippen LogP contribution in [0.3, 0.4) is 0 Å². The molecule has 0 aliphatic heterocycles. The summed E-state index contributed by atoms with van der Waals surface area (Å²) in [5, 5.41) is 9.52. The van der Waals surface area contributed by atoms with Crippen LogP contribution in [0.4, 0.5) is 13.2 Å². The van der Waals surface area contributed by atoms with Crippen molar-refractivity contribution in [1.82, 2.24) is 9.55 Å². The molecule has 3 rings (SSSR count). The van der Waals surface area contributed by atoms with Crippen LogP contribution < -0.4 is 5.56 Å². The Labute approximate surface area is 122 Å². The number of fused-ring (bicyclic) bond motifs is 1. The van der Waals surface area contributed by atoms with Gasteiger partial charge in [-0.05, 0) is 24.3 Å². The summed E-state index contributed by atoms with van der Waals surface area (Å²) in [5.41, 5.74) is -0.977. The zero-order valence-corrected chi connectivity index (χ0v) is 11.0. The maximum Gasteiger partial charge on any atom is 0.450 e. The predicted molar refractivity (Wildman–Crippen MR) is 74.0 cm³/mol. The van der Waals surface area contributed by atoms with Crippen LogP contribution in [-0.4, -0.2) is 14.7 Å². The lowest BCUT2D eigenvalue weighted by atomic mass is 10.2. The van der Waals surface area contributed by atoms with Gasteiger partial charge in [-0.3, -0.25) is 9.36 Å². The van der Waals surface area contributed by atoms with Gasteiger partial charge in [0, 0.05) is 6.07 Å². The largest absolute Gasteiger partial charge is 0.508 e. The van der Waals surface area contributed by atoms with Crippen molar-refractivity contribution in [2.24, 2.45) is 0 Å². The topological polar surface area (TPSA) is 55.1 Å². The number of aromatic hydroxyl groups is 1. The van der Waals surface area contributed by atoms with Crippen LogP contribution in [0.5, 0.6) is 5.75 Å². The van der Waals surface area contributed by atoms with E-state index in [1.807, 2.05) is 0 Å². The lowest BCUT2D eigenvalue weighted by molar-refractivity contribution is -0.146. The van der Waals surface area contributed by atoms with Gasteiger partial charge in [0.05, 0.1) is 16.6 Å². The standard InChI is InChI=1S/C15H9F3N2O2/c16-15(17,18)14-19-12-7-2-1-6-11(12)13(22)20(14)9-4-3-5-10(21)8-9/h1-8,21H. The molecule has 1 aromatic heterocycles. The number of hydrogen-bond donors (Lipinski definition) is 1. The third-order valence-electron chi connectivity index (χ3n) is 3.12. The molecule has 22 heavy (non-hydrogen) atoms. The van der Waals surface area contributed by atoms with E-state index in [1.54, 1.807) is 6.07 Å². The molecule has 0 amide bonds. The number of hydrogen-bond acceptors (Lipinski definition) is 3. The molecule has 0 saturated carbocycles. The monoisotopic (exact) mass is 306 g/mol. The molecule has 1 heterocycles. The molecule has 0 aliphatic carbocycles. The van der Waals surface area contributed by atoms with Gasteiger partial charge in [-0.2, -0.15) is 13.2 Å². The van der Waals surface area contributed by atoms with Gasteiger partial charge in [0.15, 0.2) is 0 Å². The van der Waals surface area contributed by atoms with Crippen molar-refractivity contribution in [2.45, 2.75) is 6.18 Å². The summed E-state index contributed by atoms with van der Waals surface area (Å²) >= 11 is 0. The van der Waals surface area contributed by atoms with E-state index in [-0.39, 0.29) is 22.3 Å². The van der Waals surface area contributed by atoms with Crippen molar-refractivity contribution in [3.8, 4) is 11.4 Å². The van der Waals surface area contributed by atoms with Crippen LogP contribution in [0.2, 0.25) is 0 Å². The molecule has 0 unspecified atom stereocenters. The van der Waals surface area contributed by atoms with Crippen molar-refractivity contribution in [3.63, 3.8) is 0 Å². The highest BCUT2D eigenvalue weighted by Crippen LogP contribution is 2.30. The van der Waals surface area contributed by atoms with E-state index in [0.29, 0.717) is 4.57 Å². The first-order valence-electron chi connectivity index (χ1n) is 6.26. The highest BCUT2D eigenvalue weighted by molar-refractivity contribution is 5.77. The number of halogens is 3. The first-order valence-corrected chi connectivity index (χ1v) is 6.26. The SMILES string of the molecule is O=c1c2ccccc2nc(C(F)(F)F)n1-c1cccc(O)c1. The fourth-order valence-electron chi connectivity index (χ4n) is 2.19. The number of aromatic nitrogens is 2. The molecule has 0 spiro atoms. The molecule has 4 nitrogen and oxygen atoms in total. The number of rotatable bonds is 1. The van der Waals surface area contributed by atoms with Crippen molar-refractivity contribution >= 4 is 10.9 Å². The number of benzene rings is 2. The van der Waals surface area contributed by atoms with Gasteiger partial charge in [-0.1, -0.05) is 18.2 Å². The smallest absolute Gasteiger partial charge is 0.450 e. The fraction of sp³-hybridized carbons (Fsp3) is 0.0667. The molecule has 0 radical (unpaired) electrons. The predicted octanol–water partition coefficient (Wildman–Crippen LogP) is 3.11. The van der Waals surface area contributed by atoms with Gasteiger partial charge in [0.2, 0.25) is 5.82 Å². The Morgan fingerprint density at radius 2 is 1.77 bits per heavy atom. The molecular formula is C15H9F3N2O2. The van der Waals surface area contributed by atoms with E-state index in [4.69, 9.17) is 0 Å². The average Bonchev–Trinajstić information content (AvgIpc) is 2.46. The molecule has 7 heteroatoms. The van der Waals surface area contributed by atoms with E-state index < -0.39 is 17.6 Å². The third-order valence-corrected chi connectivity index (χ3v) is 3.12.